The van der Waals surface area contributed by atoms with Crippen molar-refractivity contribution in [3.63, 3.8) is 0 Å². The Morgan fingerprint density at radius 3 is 2.56 bits per heavy atom. The second-order valence-corrected chi connectivity index (χ2v) is 4.05. The zero-order chi connectivity index (χ0) is 13.5. The molecule has 0 aliphatic heterocycles. The Morgan fingerprint density at radius 1 is 1.44 bits per heavy atom. The van der Waals surface area contributed by atoms with E-state index in [9.17, 15) is 9.18 Å². The van der Waals surface area contributed by atoms with E-state index in [0.717, 1.165) is 19.0 Å². The van der Waals surface area contributed by atoms with E-state index in [2.05, 4.69) is 4.98 Å². The lowest BCUT2D eigenvalue weighted by molar-refractivity contribution is 0.0616. The van der Waals surface area contributed by atoms with Gasteiger partial charge in [0.1, 0.15) is 11.5 Å². The lowest BCUT2D eigenvalue weighted by Gasteiger charge is -2.29. The molecule has 0 aliphatic carbocycles. The van der Waals surface area contributed by atoms with Crippen LogP contribution in [0.15, 0.2) is 18.3 Å². The third kappa shape index (κ3) is 3.50. The van der Waals surface area contributed by atoms with Gasteiger partial charge in [0.2, 0.25) is 0 Å². The van der Waals surface area contributed by atoms with E-state index in [-0.39, 0.29) is 30.8 Å². The van der Waals surface area contributed by atoms with Crippen LogP contribution in [0.25, 0.3) is 0 Å². The maximum atomic E-state index is 12.8. The molecular weight excluding hydrogens is 235 g/mol. The van der Waals surface area contributed by atoms with Crippen molar-refractivity contribution >= 4 is 5.91 Å². The minimum atomic E-state index is -0.470. The summed E-state index contributed by atoms with van der Waals surface area (Å²) in [6.45, 7) is 4.15. The SMILES string of the molecule is CCC(CC)N(CCO)C(=O)c1ccc(F)cn1. The number of pyridine rings is 1. The summed E-state index contributed by atoms with van der Waals surface area (Å²) in [5, 5.41) is 9.04. The molecule has 1 aromatic heterocycles. The van der Waals surface area contributed by atoms with Crippen LogP contribution in [0.4, 0.5) is 4.39 Å². The molecule has 0 bridgehead atoms. The van der Waals surface area contributed by atoms with E-state index in [0.29, 0.717) is 0 Å². The summed E-state index contributed by atoms with van der Waals surface area (Å²) in [5.74, 6) is -0.736. The number of nitrogens with zero attached hydrogens (tertiary/aromatic N) is 2. The minimum absolute atomic E-state index is 0.0662. The first-order chi connectivity index (χ1) is 8.63. The maximum Gasteiger partial charge on any atom is 0.272 e. The number of aliphatic hydroxyl groups excluding tert-OH is 1. The Labute approximate surface area is 106 Å². The quantitative estimate of drug-likeness (QED) is 0.842. The van der Waals surface area contributed by atoms with Crippen LogP contribution >= 0.6 is 0 Å². The smallest absolute Gasteiger partial charge is 0.272 e. The molecule has 0 saturated carbocycles. The highest BCUT2D eigenvalue weighted by Crippen LogP contribution is 2.12. The lowest BCUT2D eigenvalue weighted by Crippen LogP contribution is -2.41. The van der Waals surface area contributed by atoms with Crippen LogP contribution in [0.1, 0.15) is 37.2 Å². The molecule has 1 N–H and O–H groups in total. The van der Waals surface area contributed by atoms with Crippen LogP contribution in [0.3, 0.4) is 0 Å². The molecule has 4 nitrogen and oxygen atoms in total. The van der Waals surface area contributed by atoms with Gasteiger partial charge in [-0.05, 0) is 25.0 Å². The second-order valence-electron chi connectivity index (χ2n) is 4.05. The molecule has 0 spiro atoms. The molecule has 5 heteroatoms. The van der Waals surface area contributed by atoms with E-state index < -0.39 is 5.82 Å². The zero-order valence-corrected chi connectivity index (χ0v) is 10.8. The van der Waals surface area contributed by atoms with Gasteiger partial charge in [-0.25, -0.2) is 9.37 Å². The fourth-order valence-corrected chi connectivity index (χ4v) is 1.94. The summed E-state index contributed by atoms with van der Waals surface area (Å²) in [4.78, 5) is 17.6. The number of aromatic nitrogens is 1. The van der Waals surface area contributed by atoms with Gasteiger partial charge >= 0.3 is 0 Å². The van der Waals surface area contributed by atoms with Crippen molar-refractivity contribution in [3.05, 3.63) is 29.8 Å². The Hall–Kier alpha value is -1.49. The van der Waals surface area contributed by atoms with Crippen molar-refractivity contribution in [2.45, 2.75) is 32.7 Å². The first kappa shape index (κ1) is 14.6. The molecule has 100 valence electrons. The van der Waals surface area contributed by atoms with Crippen LogP contribution in [0.2, 0.25) is 0 Å². The summed E-state index contributed by atoms with van der Waals surface area (Å²) < 4.78 is 12.8. The number of halogens is 1. The summed E-state index contributed by atoms with van der Waals surface area (Å²) in [7, 11) is 0. The van der Waals surface area contributed by atoms with Crippen molar-refractivity contribution in [1.29, 1.82) is 0 Å². The second kappa shape index (κ2) is 7.06. The summed E-state index contributed by atoms with van der Waals surface area (Å²) in [5.41, 5.74) is 0.205. The van der Waals surface area contributed by atoms with E-state index in [4.69, 9.17) is 5.11 Å². The van der Waals surface area contributed by atoms with E-state index >= 15 is 0 Å². The fraction of sp³-hybridized carbons (Fsp3) is 0.538. The molecule has 0 aromatic carbocycles. The summed E-state index contributed by atoms with van der Waals surface area (Å²) in [6.07, 6.45) is 2.64. The molecule has 0 saturated heterocycles. The van der Waals surface area contributed by atoms with Crippen LogP contribution < -0.4 is 0 Å². The number of amides is 1. The molecule has 0 aliphatic rings. The van der Waals surface area contributed by atoms with Gasteiger partial charge < -0.3 is 10.0 Å². The number of carbonyl (C=O) groups excluding carboxylic acids is 1. The first-order valence-electron chi connectivity index (χ1n) is 6.17. The topological polar surface area (TPSA) is 53.4 Å². The predicted octanol–water partition coefficient (Wildman–Crippen LogP) is 1.84. The van der Waals surface area contributed by atoms with Crippen molar-refractivity contribution in [2.75, 3.05) is 13.2 Å². The molecular formula is C13H19FN2O2. The standard InChI is InChI=1S/C13H19FN2O2/c1-3-11(4-2)16(7-8-17)13(18)12-6-5-10(14)9-15-12/h5-6,9,11,17H,3-4,7-8H2,1-2H3. The van der Waals surface area contributed by atoms with Crippen molar-refractivity contribution in [1.82, 2.24) is 9.88 Å². The van der Waals surface area contributed by atoms with E-state index in [1.807, 2.05) is 13.8 Å². The van der Waals surface area contributed by atoms with Crippen molar-refractivity contribution < 1.29 is 14.3 Å². The lowest BCUT2D eigenvalue weighted by atomic mass is 10.1. The Kier molecular flexibility index (Phi) is 5.71. The van der Waals surface area contributed by atoms with Crippen LogP contribution in [0.5, 0.6) is 0 Å². The Balaban J connectivity index is 2.91. The number of hydrogen-bond acceptors (Lipinski definition) is 3. The van der Waals surface area contributed by atoms with E-state index in [1.54, 1.807) is 4.90 Å². The van der Waals surface area contributed by atoms with Gasteiger partial charge in [-0.2, -0.15) is 0 Å². The monoisotopic (exact) mass is 254 g/mol. The average Bonchev–Trinajstić information content (AvgIpc) is 2.39. The summed E-state index contributed by atoms with van der Waals surface area (Å²) >= 11 is 0. The van der Waals surface area contributed by atoms with Gasteiger partial charge in [0.25, 0.3) is 5.91 Å². The average molecular weight is 254 g/mol. The highest BCUT2D eigenvalue weighted by Gasteiger charge is 2.22. The van der Waals surface area contributed by atoms with Gasteiger partial charge in [0.05, 0.1) is 12.8 Å². The third-order valence-electron chi connectivity index (χ3n) is 2.93. The van der Waals surface area contributed by atoms with Gasteiger partial charge in [-0.3, -0.25) is 4.79 Å². The van der Waals surface area contributed by atoms with Gasteiger partial charge in [0.15, 0.2) is 0 Å². The number of rotatable bonds is 6. The molecule has 0 radical (unpaired) electrons. The third-order valence-corrected chi connectivity index (χ3v) is 2.93. The van der Waals surface area contributed by atoms with Crippen LogP contribution in [-0.2, 0) is 0 Å². The number of aliphatic hydroxyl groups is 1. The molecule has 0 fully saturated rings. The highest BCUT2D eigenvalue weighted by atomic mass is 19.1. The molecule has 0 atom stereocenters. The van der Waals surface area contributed by atoms with Crippen molar-refractivity contribution in [2.24, 2.45) is 0 Å². The van der Waals surface area contributed by atoms with Gasteiger partial charge in [0, 0.05) is 12.6 Å². The van der Waals surface area contributed by atoms with Crippen molar-refractivity contribution in [3.8, 4) is 0 Å². The zero-order valence-electron chi connectivity index (χ0n) is 10.8. The normalized spacial score (nSPS) is 10.7. The van der Waals surface area contributed by atoms with Gasteiger partial charge in [-0.15, -0.1) is 0 Å². The number of carbonyl (C=O) groups is 1. The number of hydrogen-bond donors (Lipinski definition) is 1. The first-order valence-corrected chi connectivity index (χ1v) is 6.17. The van der Waals surface area contributed by atoms with Crippen LogP contribution in [0, 0.1) is 5.82 Å². The summed E-state index contributed by atoms with van der Waals surface area (Å²) in [6, 6.07) is 2.64. The molecule has 1 rings (SSSR count). The highest BCUT2D eigenvalue weighted by molar-refractivity contribution is 5.92. The maximum absolute atomic E-state index is 12.8. The Morgan fingerprint density at radius 2 is 2.11 bits per heavy atom. The van der Waals surface area contributed by atoms with E-state index in [1.165, 1.54) is 12.1 Å². The molecule has 1 aromatic rings. The predicted molar refractivity (Wildman–Crippen MR) is 66.7 cm³/mol. The largest absolute Gasteiger partial charge is 0.395 e. The van der Waals surface area contributed by atoms with Gasteiger partial charge in [-0.1, -0.05) is 13.8 Å². The Bertz CT molecular complexity index is 377. The molecule has 1 heterocycles. The fourth-order valence-electron chi connectivity index (χ4n) is 1.94. The molecule has 0 unspecified atom stereocenters. The minimum Gasteiger partial charge on any atom is -0.395 e. The molecule has 1 amide bonds. The molecule has 18 heavy (non-hydrogen) atoms. The van der Waals surface area contributed by atoms with Crippen LogP contribution in [-0.4, -0.2) is 40.1 Å².